The van der Waals surface area contributed by atoms with E-state index in [1.165, 1.54) is 258 Å². The predicted molar refractivity (Wildman–Crippen MR) is 282 cm³/mol. The summed E-state index contributed by atoms with van der Waals surface area (Å²) >= 11 is 0. The molecule has 3 nitrogen and oxygen atoms in total. The summed E-state index contributed by atoms with van der Waals surface area (Å²) < 4.78 is 0. The lowest BCUT2D eigenvalue weighted by atomic mass is 10.1. The van der Waals surface area contributed by atoms with Gasteiger partial charge in [-0.15, -0.1) is 0 Å². The second-order valence-corrected chi connectivity index (χ2v) is 18.2. The molecule has 2 aromatic rings. The van der Waals surface area contributed by atoms with E-state index < -0.39 is 0 Å². The van der Waals surface area contributed by atoms with Gasteiger partial charge in [-0.25, -0.2) is 0 Å². The second kappa shape index (κ2) is 54.9. The third-order valence-electron chi connectivity index (χ3n) is 12.1. The highest BCUT2D eigenvalue weighted by molar-refractivity contribution is 4.99. The van der Waals surface area contributed by atoms with Gasteiger partial charge in [-0.3, -0.25) is 4.98 Å². The summed E-state index contributed by atoms with van der Waals surface area (Å²) in [4.78, 5) is 9.40. The quantitative estimate of drug-likeness (QED) is 0.0489. The number of hydrogen-bond donors (Lipinski definition) is 0. The molecule has 1 aromatic heterocycles. The van der Waals surface area contributed by atoms with Crippen LogP contribution in [0.1, 0.15) is 246 Å². The molecule has 0 spiro atoms. The van der Waals surface area contributed by atoms with Gasteiger partial charge in [-0.05, 0) is 141 Å². The van der Waals surface area contributed by atoms with Crippen molar-refractivity contribution in [3.63, 3.8) is 0 Å². The molecule has 62 heavy (non-hydrogen) atoms. The molecule has 0 aliphatic rings. The van der Waals surface area contributed by atoms with Crippen LogP contribution < -0.4 is 0 Å². The fraction of sp³-hybridized carbons (Fsp3) is 0.746. The standard InChI is InChI=1S/C48H96N2.C6H6.C5H5N/c1-5-9-13-15-17-19-21-23-25-27-29-31-33-35-37-39-45-49(43-11-7-3)47-41-42-48-50(44-12-8-4)46-40-38-36-34-32-30-28-26-24-22-20-18-16-14-10-6-2;2*1-2-4-6-5-3-1/h23-26H,5-22,27-48H2,1-4H3;1-6H;1-5H. The molecule has 0 aliphatic heterocycles. The van der Waals surface area contributed by atoms with E-state index in [-0.39, 0.29) is 0 Å². The summed E-state index contributed by atoms with van der Waals surface area (Å²) in [6.07, 6.45) is 60.7. The molecule has 0 saturated carbocycles. The Balaban J connectivity index is 0.00000262. The largest absolute Gasteiger partial charge is 0.303 e. The Morgan fingerprint density at radius 2 is 0.484 bits per heavy atom. The molecular weight excluding hydrogens is 751 g/mol. The van der Waals surface area contributed by atoms with E-state index in [0.29, 0.717) is 0 Å². The average Bonchev–Trinajstić information content (AvgIpc) is 3.31. The molecule has 0 amide bonds. The van der Waals surface area contributed by atoms with Crippen molar-refractivity contribution >= 4 is 0 Å². The molecule has 0 radical (unpaired) electrons. The third kappa shape index (κ3) is 50.4. The fourth-order valence-electron chi connectivity index (χ4n) is 7.97. The Hall–Kier alpha value is -2.23. The first-order valence-corrected chi connectivity index (χ1v) is 27.4. The van der Waals surface area contributed by atoms with Crippen molar-refractivity contribution in [3.8, 4) is 0 Å². The molecule has 0 bridgehead atoms. The topological polar surface area (TPSA) is 19.4 Å². The van der Waals surface area contributed by atoms with Crippen molar-refractivity contribution in [2.45, 2.75) is 246 Å². The molecule has 0 atom stereocenters. The van der Waals surface area contributed by atoms with Gasteiger partial charge in [-0.1, -0.05) is 223 Å². The molecule has 1 aromatic carbocycles. The van der Waals surface area contributed by atoms with Crippen LogP contribution in [-0.4, -0.2) is 54.1 Å². The zero-order chi connectivity index (χ0) is 44.8. The van der Waals surface area contributed by atoms with Gasteiger partial charge in [0.2, 0.25) is 0 Å². The van der Waals surface area contributed by atoms with Crippen LogP contribution in [0, 0.1) is 0 Å². The molecule has 0 saturated heterocycles. The zero-order valence-corrected chi connectivity index (χ0v) is 42.3. The minimum atomic E-state index is 1.30. The van der Waals surface area contributed by atoms with Gasteiger partial charge in [0.15, 0.2) is 0 Å². The number of allylic oxidation sites excluding steroid dienone is 4. The summed E-state index contributed by atoms with van der Waals surface area (Å²) in [5.41, 5.74) is 0. The monoisotopic (exact) mass is 858 g/mol. The number of hydrogen-bond acceptors (Lipinski definition) is 3. The van der Waals surface area contributed by atoms with Crippen LogP contribution in [-0.2, 0) is 0 Å². The van der Waals surface area contributed by atoms with Gasteiger partial charge in [0.05, 0.1) is 0 Å². The summed E-state index contributed by atoms with van der Waals surface area (Å²) in [6.45, 7) is 17.2. The van der Waals surface area contributed by atoms with E-state index in [9.17, 15) is 0 Å². The van der Waals surface area contributed by atoms with E-state index >= 15 is 0 Å². The van der Waals surface area contributed by atoms with Crippen molar-refractivity contribution in [3.05, 3.63) is 91.3 Å². The molecule has 2 rings (SSSR count). The van der Waals surface area contributed by atoms with E-state index in [4.69, 9.17) is 0 Å². The first-order chi connectivity index (χ1) is 30.8. The summed E-state index contributed by atoms with van der Waals surface area (Å²) in [7, 11) is 0. The van der Waals surface area contributed by atoms with Crippen LogP contribution in [0.4, 0.5) is 0 Å². The van der Waals surface area contributed by atoms with Crippen molar-refractivity contribution in [1.29, 1.82) is 0 Å². The van der Waals surface area contributed by atoms with E-state index in [1.807, 2.05) is 54.6 Å². The van der Waals surface area contributed by atoms with Gasteiger partial charge < -0.3 is 9.80 Å². The highest BCUT2D eigenvalue weighted by Crippen LogP contribution is 2.13. The highest BCUT2D eigenvalue weighted by Gasteiger charge is 2.07. The Labute approximate surface area is 389 Å². The molecular formula is C59H107N3. The molecule has 3 heteroatoms. The first kappa shape index (κ1) is 59.8. The van der Waals surface area contributed by atoms with Gasteiger partial charge in [-0.2, -0.15) is 0 Å². The average molecular weight is 859 g/mol. The van der Waals surface area contributed by atoms with Crippen LogP contribution in [0.2, 0.25) is 0 Å². The second-order valence-electron chi connectivity index (χ2n) is 18.2. The lowest BCUT2D eigenvalue weighted by Crippen LogP contribution is -2.30. The van der Waals surface area contributed by atoms with Gasteiger partial charge in [0, 0.05) is 12.4 Å². The SMILES string of the molecule is CCCCCCCCC=CCCCCCCCCN(CCCC)CCCCN(CCCC)CCCCCCCCC=CCCCCCCCC.c1ccccc1.c1ccncc1. The molecule has 0 aliphatic carbocycles. The number of nitrogens with zero attached hydrogens (tertiary/aromatic N) is 3. The maximum Gasteiger partial charge on any atom is 0.0267 e. The normalized spacial score (nSPS) is 11.4. The maximum atomic E-state index is 3.78. The number of pyridine rings is 1. The molecule has 0 fully saturated rings. The van der Waals surface area contributed by atoms with Crippen molar-refractivity contribution in [1.82, 2.24) is 14.8 Å². The minimum absolute atomic E-state index is 1.30. The first-order valence-electron chi connectivity index (χ1n) is 27.4. The number of aromatic nitrogens is 1. The van der Waals surface area contributed by atoms with Crippen LogP contribution in [0.25, 0.3) is 0 Å². The predicted octanol–water partition coefficient (Wildman–Crippen LogP) is 18.8. The van der Waals surface area contributed by atoms with Crippen LogP contribution in [0.15, 0.2) is 91.3 Å². The smallest absolute Gasteiger partial charge is 0.0267 e. The highest BCUT2D eigenvalue weighted by atomic mass is 15.1. The zero-order valence-electron chi connectivity index (χ0n) is 42.3. The Bertz CT molecular complexity index is 944. The van der Waals surface area contributed by atoms with E-state index in [2.05, 4.69) is 66.8 Å². The Morgan fingerprint density at radius 3 is 0.742 bits per heavy atom. The van der Waals surface area contributed by atoms with Gasteiger partial charge in [0.25, 0.3) is 0 Å². The minimum Gasteiger partial charge on any atom is -0.303 e. The van der Waals surface area contributed by atoms with Crippen LogP contribution in [0.3, 0.4) is 0 Å². The Morgan fingerprint density at radius 1 is 0.258 bits per heavy atom. The van der Waals surface area contributed by atoms with Crippen molar-refractivity contribution in [2.24, 2.45) is 0 Å². The van der Waals surface area contributed by atoms with E-state index in [1.54, 1.807) is 12.4 Å². The lowest BCUT2D eigenvalue weighted by molar-refractivity contribution is 0.231. The summed E-state index contributed by atoms with van der Waals surface area (Å²) in [5.74, 6) is 0. The maximum absolute atomic E-state index is 3.78. The molecule has 0 unspecified atom stereocenters. The molecule has 0 N–H and O–H groups in total. The number of benzene rings is 1. The van der Waals surface area contributed by atoms with Crippen LogP contribution in [0.5, 0.6) is 0 Å². The van der Waals surface area contributed by atoms with Crippen LogP contribution >= 0.6 is 0 Å². The summed E-state index contributed by atoms with van der Waals surface area (Å²) in [5, 5.41) is 0. The van der Waals surface area contributed by atoms with Crippen molar-refractivity contribution < 1.29 is 0 Å². The third-order valence-corrected chi connectivity index (χ3v) is 12.1. The number of rotatable bonds is 43. The fourth-order valence-corrected chi connectivity index (χ4v) is 7.97. The van der Waals surface area contributed by atoms with E-state index in [0.717, 1.165) is 0 Å². The van der Waals surface area contributed by atoms with Crippen molar-refractivity contribution in [2.75, 3.05) is 39.3 Å². The summed E-state index contributed by atoms with van der Waals surface area (Å²) in [6, 6.07) is 17.7. The van der Waals surface area contributed by atoms with Gasteiger partial charge >= 0.3 is 0 Å². The molecule has 1 heterocycles. The lowest BCUT2D eigenvalue weighted by Gasteiger charge is -2.25. The molecule has 358 valence electrons. The number of unbranched alkanes of at least 4 members (excludes halogenated alkanes) is 27. The Kier molecular flexibility index (Phi) is 52.9. The van der Waals surface area contributed by atoms with Gasteiger partial charge in [0.1, 0.15) is 0 Å².